The lowest BCUT2D eigenvalue weighted by atomic mass is 10.1. The van der Waals surface area contributed by atoms with Crippen molar-refractivity contribution in [2.75, 3.05) is 32.8 Å². The smallest absolute Gasteiger partial charge is 0.410 e. The fourth-order valence-corrected chi connectivity index (χ4v) is 3.15. The van der Waals surface area contributed by atoms with Gasteiger partial charge in [0.1, 0.15) is 6.61 Å². The van der Waals surface area contributed by atoms with Gasteiger partial charge in [-0.2, -0.15) is 0 Å². The third kappa shape index (κ3) is 5.89. The van der Waals surface area contributed by atoms with Gasteiger partial charge in [-0.15, -0.1) is 0 Å². The van der Waals surface area contributed by atoms with E-state index in [4.69, 9.17) is 14.2 Å². The molecule has 1 aliphatic rings. The van der Waals surface area contributed by atoms with Crippen LogP contribution in [-0.4, -0.2) is 49.9 Å². The maximum absolute atomic E-state index is 12.4. The van der Waals surface area contributed by atoms with E-state index in [2.05, 4.69) is 5.32 Å². The second kappa shape index (κ2) is 10.6. The molecule has 0 radical (unpaired) electrons. The van der Waals surface area contributed by atoms with Crippen LogP contribution >= 0.6 is 0 Å². The van der Waals surface area contributed by atoms with Crippen molar-refractivity contribution in [2.24, 2.45) is 0 Å². The molecule has 150 valence electrons. The van der Waals surface area contributed by atoms with E-state index in [1.807, 2.05) is 61.5 Å². The van der Waals surface area contributed by atoms with Gasteiger partial charge < -0.3 is 24.4 Å². The lowest BCUT2D eigenvalue weighted by Crippen LogP contribution is -2.53. The zero-order valence-electron chi connectivity index (χ0n) is 16.3. The predicted molar refractivity (Wildman–Crippen MR) is 108 cm³/mol. The Labute approximate surface area is 166 Å². The number of piperazine rings is 1. The number of para-hydroxylation sites is 2. The Balaban J connectivity index is 1.43. The van der Waals surface area contributed by atoms with Gasteiger partial charge in [-0.3, -0.25) is 0 Å². The predicted octanol–water partition coefficient (Wildman–Crippen LogP) is 3.46. The van der Waals surface area contributed by atoms with Gasteiger partial charge in [0, 0.05) is 25.7 Å². The number of amides is 1. The number of hydrogen-bond donors (Lipinski definition) is 1. The van der Waals surface area contributed by atoms with Gasteiger partial charge in [-0.1, -0.05) is 42.5 Å². The standard InChI is InChI=1S/C22H28N2O4/c1-2-26-20-10-6-7-11-21(20)27-15-12-19-16-24(14-13-23-19)22(25)28-17-18-8-4-3-5-9-18/h3-11,19,23H,2,12-17H2,1H3/t19-/m1/s1. The SMILES string of the molecule is CCOc1ccccc1OCC[C@@H]1CN(C(=O)OCc2ccccc2)CCN1. The number of nitrogens with zero attached hydrogens (tertiary/aromatic N) is 1. The highest BCUT2D eigenvalue weighted by Crippen LogP contribution is 2.26. The second-order valence-electron chi connectivity index (χ2n) is 6.65. The van der Waals surface area contributed by atoms with Crippen molar-refractivity contribution in [3.63, 3.8) is 0 Å². The molecule has 1 atom stereocenters. The average molecular weight is 384 g/mol. The van der Waals surface area contributed by atoms with E-state index < -0.39 is 0 Å². The molecule has 6 heteroatoms. The molecule has 0 aromatic heterocycles. The first-order chi connectivity index (χ1) is 13.8. The van der Waals surface area contributed by atoms with E-state index in [-0.39, 0.29) is 12.1 Å². The molecule has 2 aromatic rings. The fourth-order valence-electron chi connectivity index (χ4n) is 3.15. The Morgan fingerprint density at radius 1 is 1.07 bits per heavy atom. The van der Waals surface area contributed by atoms with Crippen LogP contribution in [0, 0.1) is 0 Å². The molecule has 0 saturated carbocycles. The molecule has 1 N–H and O–H groups in total. The summed E-state index contributed by atoms with van der Waals surface area (Å²) in [6.45, 7) is 5.42. The topological polar surface area (TPSA) is 60.0 Å². The van der Waals surface area contributed by atoms with Gasteiger partial charge in [0.25, 0.3) is 0 Å². The number of ether oxygens (including phenoxy) is 3. The monoisotopic (exact) mass is 384 g/mol. The molecule has 0 spiro atoms. The Morgan fingerprint density at radius 2 is 1.79 bits per heavy atom. The van der Waals surface area contributed by atoms with E-state index >= 15 is 0 Å². The highest BCUT2D eigenvalue weighted by molar-refractivity contribution is 5.67. The van der Waals surface area contributed by atoms with E-state index in [1.54, 1.807) is 4.90 Å². The maximum Gasteiger partial charge on any atom is 0.410 e. The summed E-state index contributed by atoms with van der Waals surface area (Å²) in [4.78, 5) is 14.1. The van der Waals surface area contributed by atoms with Gasteiger partial charge in [0.05, 0.1) is 13.2 Å². The lowest BCUT2D eigenvalue weighted by molar-refractivity contribution is 0.0826. The molecule has 0 bridgehead atoms. The van der Waals surface area contributed by atoms with Gasteiger partial charge in [-0.25, -0.2) is 4.79 Å². The molecule has 1 fully saturated rings. The third-order valence-electron chi connectivity index (χ3n) is 4.59. The van der Waals surface area contributed by atoms with Crippen molar-refractivity contribution in [2.45, 2.75) is 26.0 Å². The summed E-state index contributed by atoms with van der Waals surface area (Å²) in [7, 11) is 0. The van der Waals surface area contributed by atoms with Crippen LogP contribution in [0.4, 0.5) is 4.79 Å². The number of carbonyl (C=O) groups excluding carboxylic acids is 1. The number of hydrogen-bond acceptors (Lipinski definition) is 5. The molecule has 3 rings (SSSR count). The van der Waals surface area contributed by atoms with Crippen LogP contribution in [0.15, 0.2) is 54.6 Å². The maximum atomic E-state index is 12.4. The van der Waals surface area contributed by atoms with Gasteiger partial charge >= 0.3 is 6.09 Å². The summed E-state index contributed by atoms with van der Waals surface area (Å²) in [6.07, 6.45) is 0.529. The van der Waals surface area contributed by atoms with Crippen molar-refractivity contribution >= 4 is 6.09 Å². The third-order valence-corrected chi connectivity index (χ3v) is 4.59. The zero-order valence-corrected chi connectivity index (χ0v) is 16.3. The minimum Gasteiger partial charge on any atom is -0.490 e. The Kier molecular flexibility index (Phi) is 7.55. The number of nitrogens with one attached hydrogen (secondary N) is 1. The quantitative estimate of drug-likeness (QED) is 0.755. The van der Waals surface area contributed by atoms with E-state index in [1.165, 1.54) is 0 Å². The van der Waals surface area contributed by atoms with E-state index in [9.17, 15) is 4.79 Å². The van der Waals surface area contributed by atoms with Crippen LogP contribution in [0.2, 0.25) is 0 Å². The summed E-state index contributed by atoms with van der Waals surface area (Å²) in [5, 5.41) is 3.44. The molecule has 28 heavy (non-hydrogen) atoms. The minimum absolute atomic E-state index is 0.178. The molecule has 6 nitrogen and oxygen atoms in total. The Bertz CT molecular complexity index is 738. The van der Waals surface area contributed by atoms with Crippen molar-refractivity contribution in [1.29, 1.82) is 0 Å². The molecule has 1 aliphatic heterocycles. The van der Waals surface area contributed by atoms with Gasteiger partial charge in [0.2, 0.25) is 0 Å². The van der Waals surface area contributed by atoms with Crippen LogP contribution in [0.1, 0.15) is 18.9 Å². The number of carbonyl (C=O) groups is 1. The van der Waals surface area contributed by atoms with Crippen LogP contribution in [0.3, 0.4) is 0 Å². The summed E-state index contributed by atoms with van der Waals surface area (Å²) in [6, 6.07) is 17.6. The molecule has 1 saturated heterocycles. The minimum atomic E-state index is -0.266. The average Bonchev–Trinajstić information content (AvgIpc) is 2.74. The molecular weight excluding hydrogens is 356 g/mol. The largest absolute Gasteiger partial charge is 0.490 e. The van der Waals surface area contributed by atoms with Crippen molar-refractivity contribution in [3.05, 3.63) is 60.2 Å². The molecular formula is C22H28N2O4. The van der Waals surface area contributed by atoms with Gasteiger partial charge in [0.15, 0.2) is 11.5 Å². The molecule has 1 heterocycles. The van der Waals surface area contributed by atoms with Crippen molar-refractivity contribution in [1.82, 2.24) is 10.2 Å². The first-order valence-corrected chi connectivity index (χ1v) is 9.80. The normalized spacial score (nSPS) is 16.5. The Hall–Kier alpha value is -2.73. The number of benzene rings is 2. The molecule has 1 amide bonds. The van der Waals surface area contributed by atoms with E-state index in [0.717, 1.165) is 30.0 Å². The van der Waals surface area contributed by atoms with Gasteiger partial charge in [-0.05, 0) is 31.0 Å². The summed E-state index contributed by atoms with van der Waals surface area (Å²) in [5.74, 6) is 1.51. The second-order valence-corrected chi connectivity index (χ2v) is 6.65. The summed E-state index contributed by atoms with van der Waals surface area (Å²) >= 11 is 0. The Morgan fingerprint density at radius 3 is 2.54 bits per heavy atom. The first-order valence-electron chi connectivity index (χ1n) is 9.80. The highest BCUT2D eigenvalue weighted by Gasteiger charge is 2.24. The highest BCUT2D eigenvalue weighted by atomic mass is 16.6. The first kappa shape index (κ1) is 20.0. The van der Waals surface area contributed by atoms with Crippen LogP contribution in [-0.2, 0) is 11.3 Å². The molecule has 0 aliphatic carbocycles. The fraction of sp³-hybridized carbons (Fsp3) is 0.409. The van der Waals surface area contributed by atoms with Crippen LogP contribution < -0.4 is 14.8 Å². The molecule has 0 unspecified atom stereocenters. The zero-order chi connectivity index (χ0) is 19.6. The van der Waals surface area contributed by atoms with Crippen molar-refractivity contribution in [3.8, 4) is 11.5 Å². The summed E-state index contributed by atoms with van der Waals surface area (Å²) in [5.41, 5.74) is 0.990. The number of rotatable bonds is 8. The molecule has 2 aromatic carbocycles. The lowest BCUT2D eigenvalue weighted by Gasteiger charge is -2.33. The van der Waals surface area contributed by atoms with Crippen LogP contribution in [0.25, 0.3) is 0 Å². The van der Waals surface area contributed by atoms with Crippen molar-refractivity contribution < 1.29 is 19.0 Å². The van der Waals surface area contributed by atoms with E-state index in [0.29, 0.717) is 32.9 Å². The van der Waals surface area contributed by atoms with Crippen LogP contribution in [0.5, 0.6) is 11.5 Å². The summed E-state index contributed by atoms with van der Waals surface area (Å²) < 4.78 is 16.9.